The van der Waals surface area contributed by atoms with Crippen LogP contribution in [0.2, 0.25) is 5.02 Å². The Balaban J connectivity index is 2.41. The van der Waals surface area contributed by atoms with Crippen LogP contribution < -0.4 is 9.47 Å². The molecule has 0 unspecified atom stereocenters. The first-order valence-electron chi connectivity index (χ1n) is 6.74. The summed E-state index contributed by atoms with van der Waals surface area (Å²) < 4.78 is 10.6. The largest absolute Gasteiger partial charge is 0.493 e. The molecular weight excluding hydrogens is 346 g/mol. The van der Waals surface area contributed by atoms with Crippen LogP contribution in [0, 0.1) is 23.7 Å². The Morgan fingerprint density at radius 2 is 2.29 bits per heavy atom. The van der Waals surface area contributed by atoms with E-state index in [4.69, 9.17) is 27.5 Å². The van der Waals surface area contributed by atoms with Crippen LogP contribution in [0.3, 0.4) is 0 Å². The van der Waals surface area contributed by atoms with Gasteiger partial charge in [0.2, 0.25) is 5.78 Å². The van der Waals surface area contributed by atoms with Gasteiger partial charge >= 0.3 is 0 Å². The summed E-state index contributed by atoms with van der Waals surface area (Å²) in [6, 6.07) is 8.54. The van der Waals surface area contributed by atoms with E-state index >= 15 is 0 Å². The number of hydrogen-bond acceptors (Lipinski definition) is 5. The standard InChI is InChI=1S/C18H12ClNO3S/c1-3-6-23-18-14(19)9-12(10-15(18)22-2)8-13(11-20)17(21)16-5-4-7-24-16/h1,4-5,7-10H,6H2,2H3/b13-8+. The number of nitriles is 1. The zero-order chi connectivity index (χ0) is 17.5. The van der Waals surface area contributed by atoms with Gasteiger partial charge in [-0.15, -0.1) is 17.8 Å². The molecule has 1 aromatic heterocycles. The molecule has 0 saturated carbocycles. The zero-order valence-electron chi connectivity index (χ0n) is 12.7. The molecule has 0 aliphatic heterocycles. The van der Waals surface area contributed by atoms with Gasteiger partial charge < -0.3 is 9.47 Å². The Kier molecular flexibility index (Phi) is 6.03. The number of ether oxygens (including phenoxy) is 2. The van der Waals surface area contributed by atoms with Crippen molar-refractivity contribution >= 4 is 34.8 Å². The summed E-state index contributed by atoms with van der Waals surface area (Å²) in [6.45, 7) is 0.0472. The number of allylic oxidation sites excluding steroid dienone is 1. The molecular formula is C18H12ClNO3S. The molecule has 2 rings (SSSR count). The lowest BCUT2D eigenvalue weighted by Crippen LogP contribution is -2.00. The van der Waals surface area contributed by atoms with E-state index in [1.54, 1.807) is 29.6 Å². The highest BCUT2D eigenvalue weighted by Crippen LogP contribution is 2.37. The maximum atomic E-state index is 12.3. The highest BCUT2D eigenvalue weighted by Gasteiger charge is 2.15. The first-order valence-corrected chi connectivity index (χ1v) is 8.00. The summed E-state index contributed by atoms with van der Waals surface area (Å²) in [4.78, 5) is 12.8. The van der Waals surface area contributed by atoms with Crippen LogP contribution in [0.5, 0.6) is 11.5 Å². The third kappa shape index (κ3) is 3.97. The Hall–Kier alpha value is -2.73. The van der Waals surface area contributed by atoms with Crippen molar-refractivity contribution in [2.24, 2.45) is 0 Å². The summed E-state index contributed by atoms with van der Waals surface area (Å²) in [6.07, 6.45) is 6.63. The quantitative estimate of drug-likeness (QED) is 0.336. The van der Waals surface area contributed by atoms with Gasteiger partial charge in [0.15, 0.2) is 11.5 Å². The molecule has 6 heteroatoms. The molecule has 0 saturated heterocycles. The Bertz CT molecular complexity index is 858. The third-order valence-corrected chi connectivity index (χ3v) is 4.12. The number of ketones is 1. The van der Waals surface area contributed by atoms with Gasteiger partial charge in [-0.1, -0.05) is 23.6 Å². The summed E-state index contributed by atoms with van der Waals surface area (Å²) in [5, 5.41) is 11.3. The van der Waals surface area contributed by atoms with Crippen LogP contribution in [0.4, 0.5) is 0 Å². The maximum absolute atomic E-state index is 12.3. The second-order valence-corrected chi connectivity index (χ2v) is 5.86. The van der Waals surface area contributed by atoms with Crippen molar-refractivity contribution in [3.8, 4) is 29.9 Å². The van der Waals surface area contributed by atoms with Gasteiger partial charge in [-0.05, 0) is 35.2 Å². The second-order valence-electron chi connectivity index (χ2n) is 4.50. The van der Waals surface area contributed by atoms with Crippen LogP contribution in [-0.4, -0.2) is 19.5 Å². The molecule has 0 bridgehead atoms. The van der Waals surface area contributed by atoms with Crippen molar-refractivity contribution < 1.29 is 14.3 Å². The lowest BCUT2D eigenvalue weighted by atomic mass is 10.1. The monoisotopic (exact) mass is 357 g/mol. The molecule has 120 valence electrons. The smallest absolute Gasteiger partial charge is 0.213 e. The molecule has 0 fully saturated rings. The molecule has 0 aliphatic rings. The average molecular weight is 358 g/mol. The fourth-order valence-corrected chi connectivity index (χ4v) is 2.88. The molecule has 0 radical (unpaired) electrons. The predicted octanol–water partition coefficient (Wildman–Crippen LogP) is 4.21. The van der Waals surface area contributed by atoms with Crippen molar-refractivity contribution in [2.45, 2.75) is 0 Å². The van der Waals surface area contributed by atoms with Crippen LogP contribution >= 0.6 is 22.9 Å². The summed E-state index contributed by atoms with van der Waals surface area (Å²) in [5.41, 5.74) is 0.555. The minimum atomic E-state index is -0.338. The number of rotatable bonds is 6. The van der Waals surface area contributed by atoms with Crippen molar-refractivity contribution in [3.63, 3.8) is 0 Å². The van der Waals surface area contributed by atoms with E-state index in [1.165, 1.54) is 24.5 Å². The van der Waals surface area contributed by atoms with Gasteiger partial charge in [-0.3, -0.25) is 4.79 Å². The first-order chi connectivity index (χ1) is 11.6. The number of carbonyl (C=O) groups is 1. The SMILES string of the molecule is C#CCOc1c(Cl)cc(/C=C(\C#N)C(=O)c2cccs2)cc1OC. The maximum Gasteiger partial charge on any atom is 0.213 e. The predicted molar refractivity (Wildman–Crippen MR) is 94.6 cm³/mol. The van der Waals surface area contributed by atoms with Gasteiger partial charge in [-0.2, -0.15) is 5.26 Å². The van der Waals surface area contributed by atoms with Crippen molar-refractivity contribution in [1.82, 2.24) is 0 Å². The number of hydrogen-bond donors (Lipinski definition) is 0. The number of nitrogens with zero attached hydrogens (tertiary/aromatic N) is 1. The molecule has 4 nitrogen and oxygen atoms in total. The fraction of sp³-hybridized carbons (Fsp3) is 0.111. The topological polar surface area (TPSA) is 59.3 Å². The van der Waals surface area contributed by atoms with E-state index in [2.05, 4.69) is 5.92 Å². The Morgan fingerprint density at radius 3 is 2.88 bits per heavy atom. The summed E-state index contributed by atoms with van der Waals surface area (Å²) in [5.74, 6) is 2.69. The Labute approximate surface area is 148 Å². The second kappa shape index (κ2) is 8.21. The number of terminal acetylenes is 1. The zero-order valence-corrected chi connectivity index (χ0v) is 14.3. The van der Waals surface area contributed by atoms with Gasteiger partial charge in [0.05, 0.1) is 17.0 Å². The number of thiophene rings is 1. The van der Waals surface area contributed by atoms with Crippen LogP contribution in [0.1, 0.15) is 15.2 Å². The first kappa shape index (κ1) is 17.6. The highest BCUT2D eigenvalue weighted by atomic mass is 35.5. The van der Waals surface area contributed by atoms with Gasteiger partial charge in [0.1, 0.15) is 18.2 Å². The van der Waals surface area contributed by atoms with E-state index in [0.717, 1.165) is 0 Å². The molecule has 0 atom stereocenters. The third-order valence-electron chi connectivity index (χ3n) is 2.97. The van der Waals surface area contributed by atoms with Gasteiger partial charge in [0, 0.05) is 0 Å². The molecule has 0 spiro atoms. The number of halogens is 1. The number of methoxy groups -OCH3 is 1. The minimum absolute atomic E-state index is 0.00728. The van der Waals surface area contributed by atoms with E-state index in [-0.39, 0.29) is 23.0 Å². The molecule has 1 aromatic carbocycles. The van der Waals surface area contributed by atoms with Gasteiger partial charge in [0.25, 0.3) is 0 Å². The summed E-state index contributed by atoms with van der Waals surface area (Å²) >= 11 is 7.46. The molecule has 2 aromatic rings. The lowest BCUT2D eigenvalue weighted by molar-refractivity contribution is 0.104. The number of carbonyl (C=O) groups excluding carboxylic acids is 1. The van der Waals surface area contributed by atoms with Gasteiger partial charge in [-0.25, -0.2) is 0 Å². The van der Waals surface area contributed by atoms with Crippen LogP contribution in [-0.2, 0) is 0 Å². The fourth-order valence-electron chi connectivity index (χ4n) is 1.93. The van der Waals surface area contributed by atoms with Crippen LogP contribution in [0.25, 0.3) is 6.08 Å². The highest BCUT2D eigenvalue weighted by molar-refractivity contribution is 7.12. The molecule has 0 amide bonds. The lowest BCUT2D eigenvalue weighted by Gasteiger charge is -2.11. The number of Topliss-reactive ketones (excluding diaryl/α,β-unsaturated/α-hetero) is 1. The van der Waals surface area contributed by atoms with Crippen molar-refractivity contribution in [3.05, 3.63) is 50.7 Å². The molecule has 0 N–H and O–H groups in total. The normalized spacial score (nSPS) is 10.6. The molecule has 1 heterocycles. The molecule has 24 heavy (non-hydrogen) atoms. The van der Waals surface area contributed by atoms with E-state index in [0.29, 0.717) is 21.9 Å². The van der Waals surface area contributed by atoms with E-state index < -0.39 is 0 Å². The number of benzene rings is 1. The van der Waals surface area contributed by atoms with E-state index in [9.17, 15) is 10.1 Å². The minimum Gasteiger partial charge on any atom is -0.493 e. The Morgan fingerprint density at radius 1 is 1.50 bits per heavy atom. The average Bonchev–Trinajstić information content (AvgIpc) is 3.12. The summed E-state index contributed by atoms with van der Waals surface area (Å²) in [7, 11) is 1.46. The van der Waals surface area contributed by atoms with Crippen LogP contribution in [0.15, 0.2) is 35.2 Å². The van der Waals surface area contributed by atoms with Crippen molar-refractivity contribution in [2.75, 3.05) is 13.7 Å². The van der Waals surface area contributed by atoms with E-state index in [1.807, 2.05) is 6.07 Å². The molecule has 0 aliphatic carbocycles. The van der Waals surface area contributed by atoms with Crippen molar-refractivity contribution in [1.29, 1.82) is 5.26 Å².